The minimum absolute atomic E-state index is 0.00295. The third kappa shape index (κ3) is 5.05. The van der Waals surface area contributed by atoms with E-state index in [2.05, 4.69) is 25.9 Å². The van der Waals surface area contributed by atoms with Gasteiger partial charge in [0, 0.05) is 13.0 Å². The van der Waals surface area contributed by atoms with E-state index in [1.807, 2.05) is 6.92 Å². The zero-order valence-electron chi connectivity index (χ0n) is 9.51. The van der Waals surface area contributed by atoms with Crippen LogP contribution in [-0.4, -0.2) is 44.2 Å². The third-order valence-electron chi connectivity index (χ3n) is 2.32. The molecule has 17 heavy (non-hydrogen) atoms. The predicted molar refractivity (Wildman–Crippen MR) is 57.2 cm³/mol. The van der Waals surface area contributed by atoms with Crippen LogP contribution in [0.2, 0.25) is 0 Å². The van der Waals surface area contributed by atoms with Crippen molar-refractivity contribution in [3.05, 3.63) is 5.82 Å². The van der Waals surface area contributed by atoms with Gasteiger partial charge in [0.2, 0.25) is 0 Å². The molecule has 8 nitrogen and oxygen atoms in total. The highest BCUT2D eigenvalue weighted by Gasteiger charge is 2.11. The van der Waals surface area contributed by atoms with Gasteiger partial charge in [-0.2, -0.15) is 5.21 Å². The van der Waals surface area contributed by atoms with Crippen LogP contribution >= 0.6 is 0 Å². The number of hydrogen-bond acceptors (Lipinski definition) is 5. The average molecular weight is 241 g/mol. The maximum Gasteiger partial charge on any atom is 0.303 e. The molecule has 0 radical (unpaired) electrons. The number of carboxylic acids is 1. The molecule has 1 amide bonds. The van der Waals surface area contributed by atoms with E-state index in [1.165, 1.54) is 0 Å². The van der Waals surface area contributed by atoms with Gasteiger partial charge in [0.1, 0.15) is 0 Å². The summed E-state index contributed by atoms with van der Waals surface area (Å²) in [6.07, 6.45) is 1.48. The van der Waals surface area contributed by atoms with Gasteiger partial charge in [-0.15, -0.1) is 10.2 Å². The number of rotatable bonds is 7. The van der Waals surface area contributed by atoms with E-state index in [0.29, 0.717) is 13.0 Å². The number of aromatic nitrogens is 4. The van der Waals surface area contributed by atoms with E-state index in [0.717, 1.165) is 6.42 Å². The number of carbonyl (C=O) groups is 2. The predicted octanol–water partition coefficient (Wildman–Crippen LogP) is -0.179. The van der Waals surface area contributed by atoms with Gasteiger partial charge < -0.3 is 10.4 Å². The van der Waals surface area contributed by atoms with Crippen molar-refractivity contribution in [1.29, 1.82) is 0 Å². The zero-order valence-corrected chi connectivity index (χ0v) is 9.51. The number of aliphatic carboxylic acids is 1. The number of amides is 1. The van der Waals surface area contributed by atoms with Crippen molar-refractivity contribution in [3.63, 3.8) is 0 Å². The molecule has 1 atom stereocenters. The highest BCUT2D eigenvalue weighted by Crippen LogP contribution is 2.09. The SMILES string of the molecule is CC(CCNC(=O)c1nn[nH]n1)CCC(=O)O. The van der Waals surface area contributed by atoms with Crippen LogP contribution in [0, 0.1) is 5.92 Å². The summed E-state index contributed by atoms with van der Waals surface area (Å²) in [6.45, 7) is 2.41. The number of carboxylic acid groups (broad SMARTS) is 1. The van der Waals surface area contributed by atoms with Gasteiger partial charge >= 0.3 is 5.97 Å². The number of H-pyrrole nitrogens is 1. The van der Waals surface area contributed by atoms with Crippen LogP contribution < -0.4 is 5.32 Å². The Morgan fingerprint density at radius 3 is 2.82 bits per heavy atom. The fraction of sp³-hybridized carbons (Fsp3) is 0.667. The normalized spacial score (nSPS) is 12.1. The van der Waals surface area contributed by atoms with Crippen molar-refractivity contribution in [2.24, 2.45) is 5.92 Å². The van der Waals surface area contributed by atoms with E-state index in [1.54, 1.807) is 0 Å². The minimum atomic E-state index is -0.798. The molecule has 1 aromatic heterocycles. The third-order valence-corrected chi connectivity index (χ3v) is 2.32. The molecule has 1 rings (SSSR count). The van der Waals surface area contributed by atoms with Crippen LogP contribution in [0.4, 0.5) is 0 Å². The van der Waals surface area contributed by atoms with Crippen LogP contribution in [0.1, 0.15) is 36.8 Å². The van der Waals surface area contributed by atoms with Gasteiger partial charge in [-0.25, -0.2) is 0 Å². The molecule has 0 aromatic carbocycles. The van der Waals surface area contributed by atoms with Gasteiger partial charge in [-0.05, 0) is 24.0 Å². The summed E-state index contributed by atoms with van der Waals surface area (Å²) >= 11 is 0. The van der Waals surface area contributed by atoms with Gasteiger partial charge in [0.25, 0.3) is 11.7 Å². The Bertz CT molecular complexity index is 365. The Morgan fingerprint density at radius 2 is 2.24 bits per heavy atom. The molecule has 3 N–H and O–H groups in total. The molecule has 0 aliphatic carbocycles. The molecule has 94 valence electrons. The molecule has 1 unspecified atom stereocenters. The first-order valence-corrected chi connectivity index (χ1v) is 5.33. The fourth-order valence-corrected chi connectivity index (χ4v) is 1.28. The second kappa shape index (κ2) is 6.56. The van der Waals surface area contributed by atoms with Gasteiger partial charge in [0.15, 0.2) is 0 Å². The lowest BCUT2D eigenvalue weighted by molar-refractivity contribution is -0.137. The van der Waals surface area contributed by atoms with Crippen molar-refractivity contribution in [2.45, 2.75) is 26.2 Å². The number of nitrogens with one attached hydrogen (secondary N) is 2. The molecular formula is C9H15N5O3. The molecule has 0 saturated heterocycles. The van der Waals surface area contributed by atoms with Crippen LogP contribution in [0.5, 0.6) is 0 Å². The number of carbonyl (C=O) groups excluding carboxylic acids is 1. The average Bonchev–Trinajstić information content (AvgIpc) is 2.79. The Balaban J connectivity index is 2.15. The summed E-state index contributed by atoms with van der Waals surface area (Å²) in [7, 11) is 0. The quantitative estimate of drug-likeness (QED) is 0.609. The second-order valence-electron chi connectivity index (χ2n) is 3.82. The van der Waals surface area contributed by atoms with Crippen molar-refractivity contribution in [3.8, 4) is 0 Å². The zero-order chi connectivity index (χ0) is 12.7. The maximum absolute atomic E-state index is 11.4. The molecule has 0 aliphatic rings. The highest BCUT2D eigenvalue weighted by atomic mass is 16.4. The summed E-state index contributed by atoms with van der Waals surface area (Å²) < 4.78 is 0. The molecule has 0 aliphatic heterocycles. The van der Waals surface area contributed by atoms with E-state index in [-0.39, 0.29) is 24.1 Å². The molecule has 0 bridgehead atoms. The van der Waals surface area contributed by atoms with E-state index < -0.39 is 5.97 Å². The van der Waals surface area contributed by atoms with Crippen LogP contribution in [0.25, 0.3) is 0 Å². The van der Waals surface area contributed by atoms with Crippen molar-refractivity contribution >= 4 is 11.9 Å². The minimum Gasteiger partial charge on any atom is -0.481 e. The van der Waals surface area contributed by atoms with E-state index in [4.69, 9.17) is 5.11 Å². The Hall–Kier alpha value is -1.99. The van der Waals surface area contributed by atoms with Crippen molar-refractivity contribution in [2.75, 3.05) is 6.54 Å². The molecule has 1 heterocycles. The fourth-order valence-electron chi connectivity index (χ4n) is 1.28. The Morgan fingerprint density at radius 1 is 1.47 bits per heavy atom. The van der Waals surface area contributed by atoms with E-state index >= 15 is 0 Å². The molecule has 0 saturated carbocycles. The Labute approximate surface area is 97.8 Å². The van der Waals surface area contributed by atoms with E-state index in [9.17, 15) is 9.59 Å². The summed E-state index contributed by atoms with van der Waals surface area (Å²) in [6, 6.07) is 0. The van der Waals surface area contributed by atoms with Gasteiger partial charge in [-0.1, -0.05) is 6.92 Å². The first-order chi connectivity index (χ1) is 8.09. The first kappa shape index (κ1) is 13.1. The maximum atomic E-state index is 11.4. The van der Waals surface area contributed by atoms with Gasteiger partial charge in [-0.3, -0.25) is 9.59 Å². The first-order valence-electron chi connectivity index (χ1n) is 5.33. The number of hydrogen-bond donors (Lipinski definition) is 3. The smallest absolute Gasteiger partial charge is 0.303 e. The molecule has 1 aromatic rings. The number of aromatic amines is 1. The van der Waals surface area contributed by atoms with Crippen LogP contribution in [-0.2, 0) is 4.79 Å². The monoisotopic (exact) mass is 241 g/mol. The van der Waals surface area contributed by atoms with Gasteiger partial charge in [0.05, 0.1) is 0 Å². The lowest BCUT2D eigenvalue weighted by Gasteiger charge is -2.09. The summed E-state index contributed by atoms with van der Waals surface area (Å²) in [4.78, 5) is 21.7. The number of nitrogens with zero attached hydrogens (tertiary/aromatic N) is 3. The Kier molecular flexibility index (Phi) is 5.05. The second-order valence-corrected chi connectivity index (χ2v) is 3.82. The van der Waals surface area contributed by atoms with Crippen LogP contribution in [0.15, 0.2) is 0 Å². The molecular weight excluding hydrogens is 226 g/mol. The lowest BCUT2D eigenvalue weighted by atomic mass is 10.0. The number of tetrazole rings is 1. The highest BCUT2D eigenvalue weighted by molar-refractivity contribution is 5.89. The van der Waals surface area contributed by atoms with Crippen molar-refractivity contribution < 1.29 is 14.7 Å². The lowest BCUT2D eigenvalue weighted by Crippen LogP contribution is -2.26. The molecule has 8 heteroatoms. The molecule has 0 spiro atoms. The largest absolute Gasteiger partial charge is 0.481 e. The van der Waals surface area contributed by atoms with Crippen LogP contribution in [0.3, 0.4) is 0 Å². The summed E-state index contributed by atoms with van der Waals surface area (Å²) in [5, 5.41) is 23.7. The summed E-state index contributed by atoms with van der Waals surface area (Å²) in [5.74, 6) is -0.934. The summed E-state index contributed by atoms with van der Waals surface area (Å²) in [5.41, 5.74) is 0. The van der Waals surface area contributed by atoms with Crippen molar-refractivity contribution in [1.82, 2.24) is 25.9 Å². The topological polar surface area (TPSA) is 121 Å². The molecule has 0 fully saturated rings. The standard InChI is InChI=1S/C9H15N5O3/c1-6(2-3-7(15)16)4-5-10-9(17)8-11-13-14-12-8/h6H,2-5H2,1H3,(H,10,17)(H,15,16)(H,11,12,13,14).